The Bertz CT molecular complexity index is 1850. The monoisotopic (exact) mass is 1600 g/mol. The van der Waals surface area contributed by atoms with Crippen LogP contribution in [0.4, 0.5) is 0 Å². The number of carbonyl (C=O) groups is 1. The van der Waals surface area contributed by atoms with Crippen LogP contribution in [0.5, 0.6) is 0 Å². The van der Waals surface area contributed by atoms with Gasteiger partial charge < -0.3 is 147 Å². The summed E-state index contributed by atoms with van der Waals surface area (Å²) < 4.78 is 172. The SMILES string of the molecule is CC(C)(C)OC(=O)CCOCCOCCOCCOCCOCCOCCOCCOCCOCCOCCOCCOCCOCCOCCOCCOCCOCCOCCOCCOCCOCCOCCOCCOCCN(CCOCCOCCOCCN=[N+]=[N-])CCOCCOCCOCCN=[N+]=[N-]. The first-order chi connectivity index (χ1) is 54.4. The summed E-state index contributed by atoms with van der Waals surface area (Å²) in [6.45, 7) is 35.8. The van der Waals surface area contributed by atoms with Crippen LogP contribution in [0.25, 0.3) is 20.9 Å². The maximum atomic E-state index is 11.6. The Labute approximate surface area is 653 Å². The minimum absolute atomic E-state index is 0.220. The molecule has 0 amide bonds. The molecule has 0 bridgehead atoms. The highest BCUT2D eigenvalue weighted by atomic mass is 16.6. The van der Waals surface area contributed by atoms with Crippen LogP contribution >= 0.6 is 0 Å². The molecule has 39 nitrogen and oxygen atoms in total. The molecule has 0 saturated heterocycles. The van der Waals surface area contributed by atoms with Crippen molar-refractivity contribution >= 4 is 5.97 Å². The molecular formula is C71H141N7O32. The van der Waals surface area contributed by atoms with E-state index in [4.69, 9.17) is 158 Å². The molecule has 0 aliphatic heterocycles. The van der Waals surface area contributed by atoms with Crippen molar-refractivity contribution in [3.63, 3.8) is 0 Å². The largest absolute Gasteiger partial charge is 0.460 e. The summed E-state index contributed by atoms with van der Waals surface area (Å²) in [5, 5.41) is 6.84. The number of hydrogen-bond acceptors (Lipinski definition) is 35. The Hall–Kier alpha value is -3.15. The van der Waals surface area contributed by atoms with E-state index in [0.29, 0.717) is 429 Å². The highest BCUT2D eigenvalue weighted by Crippen LogP contribution is 2.08. The Morgan fingerprint density at radius 2 is 0.345 bits per heavy atom. The number of ether oxygens (including phenoxy) is 31. The van der Waals surface area contributed by atoms with E-state index in [1.165, 1.54) is 0 Å². The first kappa shape index (κ1) is 107. The van der Waals surface area contributed by atoms with Gasteiger partial charge in [0, 0.05) is 42.5 Å². The molecular weight excluding hydrogens is 1460 g/mol. The van der Waals surface area contributed by atoms with Crippen LogP contribution in [0.1, 0.15) is 27.2 Å². The predicted octanol–water partition coefficient (Wildman–Crippen LogP) is 3.14. The van der Waals surface area contributed by atoms with Gasteiger partial charge in [-0.3, -0.25) is 9.69 Å². The van der Waals surface area contributed by atoms with Crippen LogP contribution in [0.3, 0.4) is 0 Å². The summed E-state index contributed by atoms with van der Waals surface area (Å²) in [6, 6.07) is 0. The number of hydrogen-bond donors (Lipinski definition) is 0. The minimum atomic E-state index is -0.488. The fraction of sp³-hybridized carbons (Fsp3) is 0.986. The van der Waals surface area contributed by atoms with Gasteiger partial charge >= 0.3 is 5.97 Å². The molecule has 0 radical (unpaired) electrons. The van der Waals surface area contributed by atoms with E-state index >= 15 is 0 Å². The van der Waals surface area contributed by atoms with Crippen molar-refractivity contribution in [1.82, 2.24) is 4.90 Å². The summed E-state index contributed by atoms with van der Waals surface area (Å²) in [7, 11) is 0. The van der Waals surface area contributed by atoms with Gasteiger partial charge in [0.25, 0.3) is 0 Å². The first-order valence-corrected chi connectivity index (χ1v) is 38.7. The number of rotatable bonds is 99. The molecule has 110 heavy (non-hydrogen) atoms. The topological polar surface area (TPSA) is 404 Å². The second-order valence-corrected chi connectivity index (χ2v) is 23.5. The highest BCUT2D eigenvalue weighted by Gasteiger charge is 2.16. The van der Waals surface area contributed by atoms with Crippen molar-refractivity contribution in [3.05, 3.63) is 20.9 Å². The van der Waals surface area contributed by atoms with E-state index in [9.17, 15) is 4.79 Å². The van der Waals surface area contributed by atoms with Crippen molar-refractivity contribution in [1.29, 1.82) is 0 Å². The molecule has 0 aromatic carbocycles. The molecule has 39 heteroatoms. The van der Waals surface area contributed by atoms with E-state index in [0.717, 1.165) is 0 Å². The van der Waals surface area contributed by atoms with Gasteiger partial charge in [-0.2, -0.15) is 0 Å². The van der Waals surface area contributed by atoms with Gasteiger partial charge in [-0.05, 0) is 31.8 Å². The maximum absolute atomic E-state index is 11.6. The zero-order valence-corrected chi connectivity index (χ0v) is 66.9. The number of esters is 1. The fourth-order valence-corrected chi connectivity index (χ4v) is 8.01. The van der Waals surface area contributed by atoms with E-state index in [-0.39, 0.29) is 12.4 Å². The van der Waals surface area contributed by atoms with Crippen LogP contribution in [-0.2, 0) is 152 Å². The average Bonchev–Trinajstić information content (AvgIpc) is 0.978. The summed E-state index contributed by atoms with van der Waals surface area (Å²) in [5.74, 6) is -0.273. The fourth-order valence-electron chi connectivity index (χ4n) is 8.01. The van der Waals surface area contributed by atoms with E-state index in [1.807, 2.05) is 20.8 Å². The molecule has 0 unspecified atom stereocenters. The molecule has 0 aliphatic carbocycles. The van der Waals surface area contributed by atoms with Crippen molar-refractivity contribution in [2.45, 2.75) is 32.8 Å². The lowest BCUT2D eigenvalue weighted by Gasteiger charge is -2.22. The molecule has 0 N–H and O–H groups in total. The van der Waals surface area contributed by atoms with E-state index < -0.39 is 5.60 Å². The Morgan fingerprint density at radius 3 is 0.482 bits per heavy atom. The third kappa shape index (κ3) is 99.0. The van der Waals surface area contributed by atoms with Crippen molar-refractivity contribution in [3.8, 4) is 0 Å². The summed E-state index contributed by atoms with van der Waals surface area (Å²) in [6.07, 6.45) is 0.220. The first-order valence-electron chi connectivity index (χ1n) is 38.7. The molecule has 0 aliphatic rings. The van der Waals surface area contributed by atoms with Crippen LogP contribution in [0.2, 0.25) is 0 Å². The van der Waals surface area contributed by atoms with E-state index in [2.05, 4.69) is 25.0 Å². The third-order valence-corrected chi connectivity index (χ3v) is 13.4. The summed E-state index contributed by atoms with van der Waals surface area (Å²) >= 11 is 0. The normalized spacial score (nSPS) is 11.7. The molecule has 0 aromatic heterocycles. The molecule has 0 rings (SSSR count). The van der Waals surface area contributed by atoms with Crippen molar-refractivity contribution < 1.29 is 152 Å². The molecule has 652 valence electrons. The predicted molar refractivity (Wildman–Crippen MR) is 399 cm³/mol. The lowest BCUT2D eigenvalue weighted by Crippen LogP contribution is -2.34. The molecule has 0 fully saturated rings. The molecule has 0 atom stereocenters. The molecule has 0 aromatic rings. The molecule has 0 spiro atoms. The Morgan fingerprint density at radius 1 is 0.218 bits per heavy atom. The van der Waals surface area contributed by atoms with Crippen LogP contribution in [0, 0.1) is 0 Å². The summed E-state index contributed by atoms with van der Waals surface area (Å²) in [4.78, 5) is 19.2. The van der Waals surface area contributed by atoms with E-state index in [1.54, 1.807) is 0 Å². The van der Waals surface area contributed by atoms with Gasteiger partial charge in [0.15, 0.2) is 0 Å². The molecule has 0 heterocycles. The number of nitrogens with zero attached hydrogens (tertiary/aromatic N) is 7. The smallest absolute Gasteiger partial charge is 0.308 e. The second-order valence-electron chi connectivity index (χ2n) is 23.5. The highest BCUT2D eigenvalue weighted by molar-refractivity contribution is 5.69. The number of azide groups is 2. The Kier molecular flexibility index (Phi) is 93.7. The van der Waals surface area contributed by atoms with Gasteiger partial charge in [0.2, 0.25) is 0 Å². The standard InChI is InChI=1S/C71H141N7O32/c1-71(2,3)110-70(79)4-10-80-16-22-86-28-30-90-32-34-92-36-38-94-40-42-96-44-46-98-48-50-100-52-54-102-56-58-104-60-62-106-64-66-108-68-69-109-67-65-107-63-61-105-59-57-103-55-53-101-51-49-99-47-45-97-43-41-95-39-37-93-35-33-91-31-29-89-27-21-85-15-9-78(7-13-83-19-25-87-23-17-81-11-5-74-76-72)8-14-84-20-26-88-24-18-82-12-6-75-77-73/h4-69H2,1-3H3. The maximum Gasteiger partial charge on any atom is 0.308 e. The van der Waals surface area contributed by atoms with Crippen molar-refractivity contribution in [2.75, 3.05) is 429 Å². The summed E-state index contributed by atoms with van der Waals surface area (Å²) in [5.41, 5.74) is 16.1. The third-order valence-electron chi connectivity index (χ3n) is 13.4. The minimum Gasteiger partial charge on any atom is -0.460 e. The zero-order valence-electron chi connectivity index (χ0n) is 66.9. The van der Waals surface area contributed by atoms with Gasteiger partial charge in [-0.15, -0.1) is 0 Å². The lowest BCUT2D eigenvalue weighted by atomic mass is 10.2. The Balaban J connectivity index is 3.34. The zero-order chi connectivity index (χ0) is 79.1. The molecule has 0 saturated carbocycles. The van der Waals surface area contributed by atoms with Gasteiger partial charge in [0.1, 0.15) is 5.60 Å². The number of carbonyl (C=O) groups excluding carboxylic acids is 1. The van der Waals surface area contributed by atoms with Crippen LogP contribution < -0.4 is 0 Å². The lowest BCUT2D eigenvalue weighted by molar-refractivity contribution is -0.156. The second kappa shape index (κ2) is 96.4. The van der Waals surface area contributed by atoms with Gasteiger partial charge in [0.05, 0.1) is 403 Å². The van der Waals surface area contributed by atoms with Gasteiger partial charge in [-0.1, -0.05) is 10.2 Å². The van der Waals surface area contributed by atoms with Gasteiger partial charge in [-0.25, -0.2) is 0 Å². The van der Waals surface area contributed by atoms with Crippen LogP contribution in [0.15, 0.2) is 10.2 Å². The van der Waals surface area contributed by atoms with Crippen LogP contribution in [-0.4, -0.2) is 446 Å². The average molecular weight is 1600 g/mol. The quantitative estimate of drug-likeness (QED) is 0.0277. The van der Waals surface area contributed by atoms with Crippen molar-refractivity contribution in [2.24, 2.45) is 10.2 Å².